The van der Waals surface area contributed by atoms with Crippen LogP contribution in [0, 0.1) is 0 Å². The Hall–Kier alpha value is -2.42. The molecule has 0 saturated carbocycles. The smallest absolute Gasteiger partial charge is 0.256 e. The average Bonchev–Trinajstić information content (AvgIpc) is 3.24. The highest BCUT2D eigenvalue weighted by atomic mass is 32.2. The lowest BCUT2D eigenvalue weighted by molar-refractivity contribution is -0.110. The number of carbonyl (C=O) groups excluding carboxylic acids is 1. The Morgan fingerprint density at radius 3 is 2.75 bits per heavy atom. The molecule has 2 aromatic carbocycles. The number of rotatable bonds is 5. The molecule has 2 aromatic rings. The van der Waals surface area contributed by atoms with Gasteiger partial charge in [0, 0.05) is 23.0 Å². The zero-order valence-electron chi connectivity index (χ0n) is 15.2. The predicted octanol–water partition coefficient (Wildman–Crippen LogP) is 3.03. The molecule has 0 aliphatic carbocycles. The first-order valence-corrected chi connectivity index (χ1v) is 11.2. The second-order valence-corrected chi connectivity index (χ2v) is 9.86. The van der Waals surface area contributed by atoms with Crippen LogP contribution in [0.5, 0.6) is 0 Å². The SMILES string of the molecule is CC1CN=C(/C=C2/C(=O)Nc3ccc(S(=O)(=O)NCc4ccccc4)cc32)S1. The largest absolute Gasteiger partial charge is 0.321 e. The van der Waals surface area contributed by atoms with E-state index >= 15 is 0 Å². The summed E-state index contributed by atoms with van der Waals surface area (Å²) in [6.07, 6.45) is 1.74. The average molecular weight is 414 g/mol. The molecule has 8 heteroatoms. The van der Waals surface area contributed by atoms with E-state index in [4.69, 9.17) is 0 Å². The van der Waals surface area contributed by atoms with E-state index in [0.717, 1.165) is 17.2 Å². The summed E-state index contributed by atoms with van der Waals surface area (Å²) >= 11 is 1.61. The van der Waals surface area contributed by atoms with Gasteiger partial charge in [-0.15, -0.1) is 11.8 Å². The van der Waals surface area contributed by atoms with Gasteiger partial charge in [0.1, 0.15) is 0 Å². The number of benzene rings is 2. The van der Waals surface area contributed by atoms with Gasteiger partial charge in [-0.05, 0) is 29.8 Å². The van der Waals surface area contributed by atoms with Gasteiger partial charge in [0.2, 0.25) is 10.0 Å². The highest BCUT2D eigenvalue weighted by Gasteiger charge is 2.28. The van der Waals surface area contributed by atoms with E-state index in [1.807, 2.05) is 30.3 Å². The fourth-order valence-electron chi connectivity index (χ4n) is 3.04. The molecule has 2 aliphatic rings. The van der Waals surface area contributed by atoms with E-state index in [1.165, 1.54) is 12.1 Å². The summed E-state index contributed by atoms with van der Waals surface area (Å²) in [6, 6.07) is 14.0. The molecule has 0 bridgehead atoms. The summed E-state index contributed by atoms with van der Waals surface area (Å²) in [6.45, 7) is 2.99. The molecular weight excluding hydrogens is 394 g/mol. The molecule has 0 spiro atoms. The van der Waals surface area contributed by atoms with Crippen LogP contribution in [0.4, 0.5) is 5.69 Å². The van der Waals surface area contributed by atoms with Crippen LogP contribution in [0.2, 0.25) is 0 Å². The van der Waals surface area contributed by atoms with Gasteiger partial charge < -0.3 is 5.32 Å². The van der Waals surface area contributed by atoms with Crippen LogP contribution < -0.4 is 10.0 Å². The molecular formula is C20H19N3O3S2. The third-order valence-electron chi connectivity index (χ3n) is 4.49. The van der Waals surface area contributed by atoms with Crippen LogP contribution in [0.15, 0.2) is 64.5 Å². The zero-order valence-corrected chi connectivity index (χ0v) is 16.8. The summed E-state index contributed by atoms with van der Waals surface area (Å²) in [7, 11) is -3.71. The lowest BCUT2D eigenvalue weighted by Gasteiger charge is -2.08. The van der Waals surface area contributed by atoms with Gasteiger partial charge in [0.25, 0.3) is 5.91 Å². The maximum Gasteiger partial charge on any atom is 0.256 e. The Balaban J connectivity index is 1.61. The summed E-state index contributed by atoms with van der Waals surface area (Å²) < 4.78 is 28.0. The van der Waals surface area contributed by atoms with Crippen molar-refractivity contribution in [1.82, 2.24) is 4.72 Å². The number of nitrogens with one attached hydrogen (secondary N) is 2. The highest BCUT2D eigenvalue weighted by Crippen LogP contribution is 2.35. The molecule has 4 rings (SSSR count). The van der Waals surface area contributed by atoms with Crippen molar-refractivity contribution in [3.05, 3.63) is 65.7 Å². The van der Waals surface area contributed by atoms with Crippen molar-refractivity contribution in [2.45, 2.75) is 23.6 Å². The molecule has 0 aromatic heterocycles. The van der Waals surface area contributed by atoms with Crippen LogP contribution in [-0.2, 0) is 21.4 Å². The number of hydrogen-bond donors (Lipinski definition) is 2. The van der Waals surface area contributed by atoms with Gasteiger partial charge in [0.15, 0.2) is 0 Å². The normalized spacial score (nSPS) is 20.2. The first-order valence-electron chi connectivity index (χ1n) is 8.84. The van der Waals surface area contributed by atoms with Crippen molar-refractivity contribution < 1.29 is 13.2 Å². The van der Waals surface area contributed by atoms with Crippen molar-refractivity contribution in [2.24, 2.45) is 4.99 Å². The molecule has 28 heavy (non-hydrogen) atoms. The van der Waals surface area contributed by atoms with Gasteiger partial charge in [-0.3, -0.25) is 9.79 Å². The summed E-state index contributed by atoms with van der Waals surface area (Å²) in [5, 5.41) is 3.95. The number of aliphatic imine (C=N–C) groups is 1. The lowest BCUT2D eigenvalue weighted by Crippen LogP contribution is -2.23. The Morgan fingerprint density at radius 1 is 1.25 bits per heavy atom. The number of hydrogen-bond acceptors (Lipinski definition) is 5. The lowest BCUT2D eigenvalue weighted by atomic mass is 10.1. The highest BCUT2D eigenvalue weighted by molar-refractivity contribution is 8.15. The second kappa shape index (κ2) is 7.54. The minimum Gasteiger partial charge on any atom is -0.321 e. The Morgan fingerprint density at radius 2 is 2.04 bits per heavy atom. The van der Waals surface area contributed by atoms with Gasteiger partial charge in [-0.25, -0.2) is 13.1 Å². The summed E-state index contributed by atoms with van der Waals surface area (Å²) in [5.74, 6) is -0.246. The molecule has 0 saturated heterocycles. The molecule has 0 radical (unpaired) electrons. The Labute approximate surface area is 168 Å². The first kappa shape index (κ1) is 18.9. The minimum atomic E-state index is -3.71. The monoisotopic (exact) mass is 413 g/mol. The van der Waals surface area contributed by atoms with Gasteiger partial charge in [-0.2, -0.15) is 0 Å². The van der Waals surface area contributed by atoms with E-state index in [0.29, 0.717) is 22.1 Å². The molecule has 2 N–H and O–H groups in total. The molecule has 1 unspecified atom stereocenters. The van der Waals surface area contributed by atoms with Crippen molar-refractivity contribution in [1.29, 1.82) is 0 Å². The van der Waals surface area contributed by atoms with Crippen LogP contribution in [0.3, 0.4) is 0 Å². The summed E-state index contributed by atoms with van der Waals surface area (Å²) in [4.78, 5) is 16.9. The topological polar surface area (TPSA) is 87.6 Å². The molecule has 0 fully saturated rings. The quantitative estimate of drug-likeness (QED) is 0.738. The number of fused-ring (bicyclic) bond motifs is 1. The maximum atomic E-state index is 12.7. The van der Waals surface area contributed by atoms with Crippen molar-refractivity contribution in [3.63, 3.8) is 0 Å². The number of carbonyl (C=O) groups is 1. The van der Waals surface area contributed by atoms with Crippen molar-refractivity contribution >= 4 is 44.0 Å². The fraction of sp³-hybridized carbons (Fsp3) is 0.200. The molecule has 6 nitrogen and oxygen atoms in total. The Bertz CT molecular complexity index is 1090. The second-order valence-electron chi connectivity index (χ2n) is 6.64. The third-order valence-corrected chi connectivity index (χ3v) is 6.93. The first-order chi connectivity index (χ1) is 13.4. The molecule has 2 heterocycles. The van der Waals surface area contributed by atoms with E-state index in [1.54, 1.807) is 23.9 Å². The number of anilines is 1. The van der Waals surface area contributed by atoms with E-state index < -0.39 is 10.0 Å². The number of nitrogens with zero attached hydrogens (tertiary/aromatic N) is 1. The molecule has 1 atom stereocenters. The number of sulfonamides is 1. The number of thioether (sulfide) groups is 1. The van der Waals surface area contributed by atoms with E-state index in [2.05, 4.69) is 22.0 Å². The van der Waals surface area contributed by atoms with Crippen LogP contribution >= 0.6 is 11.8 Å². The van der Waals surface area contributed by atoms with Gasteiger partial charge in [-0.1, -0.05) is 37.3 Å². The zero-order chi connectivity index (χ0) is 19.7. The predicted molar refractivity (Wildman–Crippen MR) is 113 cm³/mol. The van der Waals surface area contributed by atoms with Crippen LogP contribution in [0.25, 0.3) is 5.57 Å². The number of amides is 1. The third kappa shape index (κ3) is 3.89. The van der Waals surface area contributed by atoms with Gasteiger partial charge >= 0.3 is 0 Å². The molecule has 2 aliphatic heterocycles. The van der Waals surface area contributed by atoms with Gasteiger partial charge in [0.05, 0.1) is 22.1 Å². The molecule has 144 valence electrons. The maximum absolute atomic E-state index is 12.7. The van der Waals surface area contributed by atoms with Crippen LogP contribution in [-0.4, -0.2) is 31.2 Å². The minimum absolute atomic E-state index is 0.124. The molecule has 1 amide bonds. The van der Waals surface area contributed by atoms with E-state index in [9.17, 15) is 13.2 Å². The van der Waals surface area contributed by atoms with Crippen molar-refractivity contribution in [2.75, 3.05) is 11.9 Å². The van der Waals surface area contributed by atoms with Crippen molar-refractivity contribution in [3.8, 4) is 0 Å². The van der Waals surface area contributed by atoms with E-state index in [-0.39, 0.29) is 17.3 Å². The van der Waals surface area contributed by atoms with Crippen LogP contribution in [0.1, 0.15) is 18.1 Å². The summed E-state index contributed by atoms with van der Waals surface area (Å²) in [5.41, 5.74) is 2.50. The fourth-order valence-corrected chi connectivity index (χ4v) is 4.98. The Kier molecular flexibility index (Phi) is 5.09. The standard InChI is InChI=1S/C20H19N3O3S2/c1-13-11-21-19(27-13)10-17-16-9-15(7-8-18(16)23-20(17)24)28(25,26)22-12-14-5-3-2-4-6-14/h2-10,13,22H,11-12H2,1H3,(H,23,24)/b17-10+.